The largest absolute Gasteiger partial charge is 0.493 e. The predicted octanol–water partition coefficient (Wildman–Crippen LogP) is 2.76. The van der Waals surface area contributed by atoms with Crippen molar-refractivity contribution in [2.75, 3.05) is 6.61 Å². The third kappa shape index (κ3) is 5.09. The van der Waals surface area contributed by atoms with Gasteiger partial charge < -0.3 is 15.2 Å². The van der Waals surface area contributed by atoms with Crippen LogP contribution in [0.3, 0.4) is 0 Å². The number of ether oxygens (including phenoxy) is 1. The summed E-state index contributed by atoms with van der Waals surface area (Å²) in [4.78, 5) is 23.4. The van der Waals surface area contributed by atoms with E-state index in [1.807, 2.05) is 48.5 Å². The molecule has 5 nitrogen and oxygen atoms in total. The first kappa shape index (κ1) is 18.0. The van der Waals surface area contributed by atoms with Crippen molar-refractivity contribution in [2.45, 2.75) is 38.1 Å². The van der Waals surface area contributed by atoms with Crippen LogP contribution in [0.25, 0.3) is 0 Å². The number of carboxylic acid groups (broad SMARTS) is 1. The Morgan fingerprint density at radius 2 is 1.92 bits per heavy atom. The fourth-order valence-electron chi connectivity index (χ4n) is 3.24. The summed E-state index contributed by atoms with van der Waals surface area (Å²) in [5.41, 5.74) is 3.17. The number of nitrogens with one attached hydrogen (secondary N) is 1. The Balaban J connectivity index is 1.61. The zero-order valence-electron chi connectivity index (χ0n) is 14.6. The summed E-state index contributed by atoms with van der Waals surface area (Å²) in [6.45, 7) is 0.694. The van der Waals surface area contributed by atoms with E-state index < -0.39 is 5.97 Å². The molecule has 0 bridgehead atoms. The summed E-state index contributed by atoms with van der Waals surface area (Å²) in [5.74, 6) is -0.0383. The minimum absolute atomic E-state index is 0.0357. The van der Waals surface area contributed by atoms with Gasteiger partial charge in [0.15, 0.2) is 0 Å². The molecule has 26 heavy (non-hydrogen) atoms. The zero-order valence-corrected chi connectivity index (χ0v) is 14.6. The van der Waals surface area contributed by atoms with Gasteiger partial charge >= 0.3 is 5.97 Å². The van der Waals surface area contributed by atoms with Crippen molar-refractivity contribution >= 4 is 11.9 Å². The van der Waals surface area contributed by atoms with Crippen LogP contribution < -0.4 is 10.1 Å². The summed E-state index contributed by atoms with van der Waals surface area (Å²) >= 11 is 0. The van der Waals surface area contributed by atoms with E-state index in [1.54, 1.807) is 0 Å². The number of hydrogen-bond acceptors (Lipinski definition) is 3. The average molecular weight is 353 g/mol. The van der Waals surface area contributed by atoms with E-state index in [1.165, 1.54) is 0 Å². The highest BCUT2D eigenvalue weighted by molar-refractivity contribution is 5.79. The lowest BCUT2D eigenvalue weighted by molar-refractivity contribution is -0.137. The number of fused-ring (bicyclic) bond motifs is 1. The third-order valence-corrected chi connectivity index (χ3v) is 4.52. The van der Waals surface area contributed by atoms with E-state index in [2.05, 4.69) is 5.32 Å². The molecule has 3 rings (SSSR count). The first-order valence-electron chi connectivity index (χ1n) is 8.90. The standard InChI is InChI=1S/C21H23NO4/c23-20(14-16-6-8-19-17(12-16)10-11-26-19)22-18(7-9-21(24)25)13-15-4-2-1-3-5-15/h1-6,8,12,18H,7,9-11,13-14H2,(H,22,23)(H,24,25). The van der Waals surface area contributed by atoms with Gasteiger partial charge in [-0.25, -0.2) is 0 Å². The number of carboxylic acids is 1. The van der Waals surface area contributed by atoms with E-state index in [0.29, 0.717) is 19.4 Å². The van der Waals surface area contributed by atoms with Gasteiger partial charge in [-0.2, -0.15) is 0 Å². The monoisotopic (exact) mass is 353 g/mol. The van der Waals surface area contributed by atoms with Crippen LogP contribution in [-0.2, 0) is 28.9 Å². The number of benzene rings is 2. The molecule has 1 atom stereocenters. The van der Waals surface area contributed by atoms with Gasteiger partial charge in [-0.3, -0.25) is 9.59 Å². The molecule has 0 fully saturated rings. The Hall–Kier alpha value is -2.82. The number of carbonyl (C=O) groups excluding carboxylic acids is 1. The molecule has 0 aromatic heterocycles. The van der Waals surface area contributed by atoms with Gasteiger partial charge in [0.25, 0.3) is 0 Å². The summed E-state index contributed by atoms with van der Waals surface area (Å²) in [6.07, 6.45) is 2.23. The molecule has 136 valence electrons. The van der Waals surface area contributed by atoms with Crippen molar-refractivity contribution in [2.24, 2.45) is 0 Å². The van der Waals surface area contributed by atoms with Crippen LogP contribution in [0.1, 0.15) is 29.5 Å². The molecule has 0 spiro atoms. The van der Waals surface area contributed by atoms with Crippen LogP contribution in [0.5, 0.6) is 5.75 Å². The maximum absolute atomic E-state index is 12.5. The molecule has 0 radical (unpaired) electrons. The highest BCUT2D eigenvalue weighted by atomic mass is 16.5. The molecule has 1 aliphatic rings. The summed E-state index contributed by atoms with van der Waals surface area (Å²) in [6, 6.07) is 15.4. The Labute approximate surface area is 153 Å². The summed E-state index contributed by atoms with van der Waals surface area (Å²) in [5, 5.41) is 12.0. The minimum Gasteiger partial charge on any atom is -0.493 e. The lowest BCUT2D eigenvalue weighted by Crippen LogP contribution is -2.37. The van der Waals surface area contributed by atoms with Gasteiger partial charge in [0.05, 0.1) is 13.0 Å². The number of amides is 1. The van der Waals surface area contributed by atoms with Crippen molar-refractivity contribution in [3.8, 4) is 5.75 Å². The fourth-order valence-corrected chi connectivity index (χ4v) is 3.24. The van der Waals surface area contributed by atoms with Gasteiger partial charge in [0.1, 0.15) is 5.75 Å². The second-order valence-electron chi connectivity index (χ2n) is 6.60. The maximum atomic E-state index is 12.5. The van der Waals surface area contributed by atoms with Gasteiger partial charge in [0.2, 0.25) is 5.91 Å². The lowest BCUT2D eigenvalue weighted by Gasteiger charge is -2.18. The van der Waals surface area contributed by atoms with Crippen LogP contribution >= 0.6 is 0 Å². The molecule has 2 aromatic rings. The van der Waals surface area contributed by atoms with Crippen molar-refractivity contribution < 1.29 is 19.4 Å². The number of rotatable bonds is 8. The molecule has 1 heterocycles. The number of aliphatic carboxylic acids is 1. The first-order chi connectivity index (χ1) is 12.6. The summed E-state index contributed by atoms with van der Waals surface area (Å²) < 4.78 is 5.49. The van der Waals surface area contributed by atoms with Crippen LogP contribution in [0.15, 0.2) is 48.5 Å². The molecule has 0 saturated heterocycles. The molecule has 5 heteroatoms. The Kier molecular flexibility index (Phi) is 5.89. The van der Waals surface area contributed by atoms with Gasteiger partial charge in [0, 0.05) is 18.9 Å². The smallest absolute Gasteiger partial charge is 0.303 e. The van der Waals surface area contributed by atoms with E-state index in [4.69, 9.17) is 9.84 Å². The molecule has 0 saturated carbocycles. The normalized spacial score (nSPS) is 13.5. The van der Waals surface area contributed by atoms with Crippen LogP contribution in [-0.4, -0.2) is 29.6 Å². The molecule has 0 aliphatic carbocycles. The van der Waals surface area contributed by atoms with Gasteiger partial charge in [-0.1, -0.05) is 42.5 Å². The molecule has 2 N–H and O–H groups in total. The quantitative estimate of drug-likeness (QED) is 0.765. The second-order valence-corrected chi connectivity index (χ2v) is 6.60. The molecular weight excluding hydrogens is 330 g/mol. The SMILES string of the molecule is O=C(O)CCC(Cc1ccccc1)NC(=O)Cc1ccc2c(c1)CCO2. The Morgan fingerprint density at radius 3 is 2.69 bits per heavy atom. The highest BCUT2D eigenvalue weighted by Gasteiger charge is 2.17. The van der Waals surface area contributed by atoms with Crippen molar-refractivity contribution in [3.05, 3.63) is 65.2 Å². The van der Waals surface area contributed by atoms with Crippen molar-refractivity contribution in [1.29, 1.82) is 0 Å². The van der Waals surface area contributed by atoms with Crippen molar-refractivity contribution in [1.82, 2.24) is 5.32 Å². The second kappa shape index (κ2) is 8.52. The molecular formula is C21H23NO4. The number of carbonyl (C=O) groups is 2. The molecule has 1 amide bonds. The number of hydrogen-bond donors (Lipinski definition) is 2. The topological polar surface area (TPSA) is 75.6 Å². The first-order valence-corrected chi connectivity index (χ1v) is 8.90. The lowest BCUT2D eigenvalue weighted by atomic mass is 10.0. The van der Waals surface area contributed by atoms with Gasteiger partial charge in [-0.05, 0) is 35.6 Å². The molecule has 1 unspecified atom stereocenters. The molecule has 1 aliphatic heterocycles. The predicted molar refractivity (Wildman–Crippen MR) is 98.3 cm³/mol. The van der Waals surface area contributed by atoms with Crippen LogP contribution in [0, 0.1) is 0 Å². The van der Waals surface area contributed by atoms with Gasteiger partial charge in [-0.15, -0.1) is 0 Å². The highest BCUT2D eigenvalue weighted by Crippen LogP contribution is 2.26. The molecule has 2 aromatic carbocycles. The Morgan fingerprint density at radius 1 is 1.12 bits per heavy atom. The van der Waals surface area contributed by atoms with E-state index in [9.17, 15) is 9.59 Å². The summed E-state index contributed by atoms with van der Waals surface area (Å²) in [7, 11) is 0. The van der Waals surface area contributed by atoms with E-state index in [0.717, 1.165) is 28.9 Å². The maximum Gasteiger partial charge on any atom is 0.303 e. The minimum atomic E-state index is -0.851. The van der Waals surface area contributed by atoms with Crippen molar-refractivity contribution in [3.63, 3.8) is 0 Å². The Bertz CT molecular complexity index is 773. The average Bonchev–Trinajstić information content (AvgIpc) is 3.08. The van der Waals surface area contributed by atoms with E-state index in [-0.39, 0.29) is 24.8 Å². The zero-order chi connectivity index (χ0) is 18.4. The van der Waals surface area contributed by atoms with Crippen LogP contribution in [0.4, 0.5) is 0 Å². The van der Waals surface area contributed by atoms with Crippen LogP contribution in [0.2, 0.25) is 0 Å². The van der Waals surface area contributed by atoms with E-state index >= 15 is 0 Å². The fraction of sp³-hybridized carbons (Fsp3) is 0.333. The third-order valence-electron chi connectivity index (χ3n) is 4.52.